The lowest BCUT2D eigenvalue weighted by atomic mass is 10.0. The first kappa shape index (κ1) is 12.3. The van der Waals surface area contributed by atoms with Crippen LogP contribution in [0.25, 0.3) is 0 Å². The molecule has 1 aliphatic heterocycles. The van der Waals surface area contributed by atoms with Gasteiger partial charge in [0.2, 0.25) is 0 Å². The predicted octanol–water partition coefficient (Wildman–Crippen LogP) is 3.28. The highest BCUT2D eigenvalue weighted by Crippen LogP contribution is 2.27. The van der Waals surface area contributed by atoms with E-state index in [1.165, 1.54) is 36.6 Å². The maximum Gasteiger partial charge on any atom is 0.157 e. The van der Waals surface area contributed by atoms with E-state index in [2.05, 4.69) is 26.1 Å². The van der Waals surface area contributed by atoms with Gasteiger partial charge >= 0.3 is 0 Å². The topological polar surface area (TPSA) is 24.4 Å². The van der Waals surface area contributed by atoms with E-state index >= 15 is 0 Å². The van der Waals surface area contributed by atoms with Crippen LogP contribution in [0.15, 0.2) is 4.99 Å². The van der Waals surface area contributed by atoms with Gasteiger partial charge in [0, 0.05) is 11.8 Å². The lowest BCUT2D eigenvalue weighted by Crippen LogP contribution is -2.37. The van der Waals surface area contributed by atoms with Crippen molar-refractivity contribution < 1.29 is 0 Å². The summed E-state index contributed by atoms with van der Waals surface area (Å²) in [5, 5.41) is 4.88. The van der Waals surface area contributed by atoms with E-state index in [1.807, 2.05) is 11.8 Å². The third-order valence-corrected chi connectivity index (χ3v) is 4.81. The number of nitrogens with zero attached hydrogens (tertiary/aromatic N) is 1. The van der Waals surface area contributed by atoms with Crippen LogP contribution >= 0.6 is 11.8 Å². The summed E-state index contributed by atoms with van der Waals surface area (Å²) in [5.41, 5.74) is 0. The first-order valence-corrected chi connectivity index (χ1v) is 7.62. The minimum Gasteiger partial charge on any atom is -0.362 e. The van der Waals surface area contributed by atoms with E-state index in [9.17, 15) is 0 Å². The molecule has 1 heterocycles. The van der Waals surface area contributed by atoms with Crippen molar-refractivity contribution in [2.75, 3.05) is 5.75 Å². The van der Waals surface area contributed by atoms with E-state index in [0.717, 1.165) is 5.92 Å². The number of amidine groups is 1. The Labute approximate surface area is 104 Å². The second-order valence-electron chi connectivity index (χ2n) is 5.54. The zero-order chi connectivity index (χ0) is 11.5. The van der Waals surface area contributed by atoms with E-state index in [-0.39, 0.29) is 0 Å². The van der Waals surface area contributed by atoms with Crippen molar-refractivity contribution in [3.63, 3.8) is 0 Å². The zero-order valence-electron chi connectivity index (χ0n) is 10.7. The Morgan fingerprint density at radius 1 is 1.31 bits per heavy atom. The molecule has 2 nitrogen and oxygen atoms in total. The van der Waals surface area contributed by atoms with Gasteiger partial charge in [0.05, 0.1) is 6.04 Å². The predicted molar refractivity (Wildman–Crippen MR) is 73.1 cm³/mol. The fraction of sp³-hybridized carbons (Fsp3) is 0.923. The Bertz CT molecular complexity index is 263. The molecule has 1 fully saturated rings. The second-order valence-corrected chi connectivity index (χ2v) is 6.63. The molecule has 0 bridgehead atoms. The molecule has 0 spiro atoms. The van der Waals surface area contributed by atoms with Crippen LogP contribution in [-0.2, 0) is 0 Å². The molecule has 16 heavy (non-hydrogen) atoms. The first-order chi connectivity index (χ1) is 7.66. The van der Waals surface area contributed by atoms with Crippen LogP contribution in [0.3, 0.4) is 0 Å². The molecule has 92 valence electrons. The Morgan fingerprint density at radius 2 is 2.12 bits per heavy atom. The van der Waals surface area contributed by atoms with Gasteiger partial charge in [-0.25, -0.2) is 0 Å². The highest BCUT2D eigenvalue weighted by molar-refractivity contribution is 8.13. The molecule has 0 saturated heterocycles. The summed E-state index contributed by atoms with van der Waals surface area (Å²) < 4.78 is 0. The summed E-state index contributed by atoms with van der Waals surface area (Å²) in [4.78, 5) is 4.85. The summed E-state index contributed by atoms with van der Waals surface area (Å²) in [6, 6.07) is 1.22. The van der Waals surface area contributed by atoms with Gasteiger partial charge in [0.1, 0.15) is 0 Å². The molecular formula is C13H24N2S. The van der Waals surface area contributed by atoms with Crippen LogP contribution in [0.1, 0.15) is 46.5 Å². The number of rotatable bonds is 2. The smallest absolute Gasteiger partial charge is 0.157 e. The molecule has 2 aliphatic rings. The molecule has 3 unspecified atom stereocenters. The van der Waals surface area contributed by atoms with Gasteiger partial charge in [-0.3, -0.25) is 4.99 Å². The molecule has 1 aliphatic carbocycles. The highest BCUT2D eigenvalue weighted by atomic mass is 32.2. The molecule has 2 rings (SSSR count). The van der Waals surface area contributed by atoms with Gasteiger partial charge in [-0.1, -0.05) is 39.0 Å². The second kappa shape index (κ2) is 5.44. The average molecular weight is 240 g/mol. The van der Waals surface area contributed by atoms with Crippen LogP contribution < -0.4 is 5.32 Å². The minimum absolute atomic E-state index is 0.542. The van der Waals surface area contributed by atoms with Crippen molar-refractivity contribution in [2.45, 2.75) is 58.5 Å². The monoisotopic (exact) mass is 240 g/mol. The standard InChI is InChI=1S/C13H24N2S/c1-9(2)11-7-8-16-13(14-11)15-12-6-4-5-10(12)3/h9-12H,4-8H2,1-3H3,(H,14,15). The van der Waals surface area contributed by atoms with Crippen molar-refractivity contribution >= 4 is 16.9 Å². The molecular weight excluding hydrogens is 216 g/mol. The molecule has 0 aromatic heterocycles. The molecule has 0 radical (unpaired) electrons. The maximum atomic E-state index is 4.85. The quantitative estimate of drug-likeness (QED) is 0.801. The van der Waals surface area contributed by atoms with E-state index in [4.69, 9.17) is 4.99 Å². The van der Waals surface area contributed by atoms with Crippen LogP contribution in [0.2, 0.25) is 0 Å². The summed E-state index contributed by atoms with van der Waals surface area (Å²) in [7, 11) is 0. The maximum absolute atomic E-state index is 4.85. The number of thioether (sulfide) groups is 1. The van der Waals surface area contributed by atoms with E-state index in [0.29, 0.717) is 18.0 Å². The lowest BCUT2D eigenvalue weighted by molar-refractivity contribution is 0.467. The van der Waals surface area contributed by atoms with Crippen molar-refractivity contribution in [3.8, 4) is 0 Å². The molecule has 0 aromatic rings. The number of hydrogen-bond donors (Lipinski definition) is 1. The van der Waals surface area contributed by atoms with Crippen molar-refractivity contribution in [2.24, 2.45) is 16.8 Å². The van der Waals surface area contributed by atoms with Crippen LogP contribution in [-0.4, -0.2) is 23.0 Å². The number of aliphatic imine (C=N–C) groups is 1. The Kier molecular flexibility index (Phi) is 4.17. The minimum atomic E-state index is 0.542. The molecule has 0 amide bonds. The van der Waals surface area contributed by atoms with E-state index < -0.39 is 0 Å². The van der Waals surface area contributed by atoms with Crippen molar-refractivity contribution in [1.29, 1.82) is 0 Å². The average Bonchev–Trinajstić information content (AvgIpc) is 2.65. The van der Waals surface area contributed by atoms with Crippen LogP contribution in [0.4, 0.5) is 0 Å². The van der Waals surface area contributed by atoms with Gasteiger partial charge in [-0.2, -0.15) is 0 Å². The fourth-order valence-electron chi connectivity index (χ4n) is 2.61. The molecule has 1 N–H and O–H groups in total. The normalized spacial score (nSPS) is 35.2. The number of hydrogen-bond acceptors (Lipinski definition) is 3. The largest absolute Gasteiger partial charge is 0.362 e. The molecule has 3 atom stereocenters. The summed E-state index contributed by atoms with van der Waals surface area (Å²) in [6.07, 6.45) is 5.33. The van der Waals surface area contributed by atoms with E-state index in [1.54, 1.807) is 0 Å². The third kappa shape index (κ3) is 2.93. The zero-order valence-corrected chi connectivity index (χ0v) is 11.5. The van der Waals surface area contributed by atoms with Crippen molar-refractivity contribution in [1.82, 2.24) is 5.32 Å². The molecule has 0 aromatic carbocycles. The summed E-state index contributed by atoms with van der Waals surface area (Å²) >= 11 is 1.91. The van der Waals surface area contributed by atoms with Crippen LogP contribution in [0.5, 0.6) is 0 Å². The van der Waals surface area contributed by atoms with Gasteiger partial charge in [-0.15, -0.1) is 0 Å². The van der Waals surface area contributed by atoms with Gasteiger partial charge in [-0.05, 0) is 31.1 Å². The SMILES string of the molecule is CC(C)C1CCSC(NC2CCCC2C)=N1. The van der Waals surface area contributed by atoms with Crippen LogP contribution in [0, 0.1) is 11.8 Å². The molecule has 3 heteroatoms. The highest BCUT2D eigenvalue weighted by Gasteiger charge is 2.26. The van der Waals surface area contributed by atoms with Gasteiger partial charge in [0.25, 0.3) is 0 Å². The van der Waals surface area contributed by atoms with Gasteiger partial charge in [0.15, 0.2) is 5.17 Å². The Hall–Kier alpha value is -0.180. The van der Waals surface area contributed by atoms with Gasteiger partial charge < -0.3 is 5.32 Å². The van der Waals surface area contributed by atoms with Crippen molar-refractivity contribution in [3.05, 3.63) is 0 Å². The number of nitrogens with one attached hydrogen (secondary N) is 1. The first-order valence-electron chi connectivity index (χ1n) is 6.64. The lowest BCUT2D eigenvalue weighted by Gasteiger charge is -2.26. The Balaban J connectivity index is 1.93. The summed E-state index contributed by atoms with van der Waals surface area (Å²) in [5.74, 6) is 2.73. The summed E-state index contributed by atoms with van der Waals surface area (Å²) in [6.45, 7) is 6.92. The third-order valence-electron chi connectivity index (χ3n) is 3.88. The molecule has 1 saturated carbocycles. The fourth-order valence-corrected chi connectivity index (χ4v) is 3.61. The Morgan fingerprint density at radius 3 is 2.75 bits per heavy atom.